The van der Waals surface area contributed by atoms with Crippen LogP contribution in [0.3, 0.4) is 0 Å². The van der Waals surface area contributed by atoms with E-state index in [4.69, 9.17) is 9.26 Å². The maximum absolute atomic E-state index is 5.43. The summed E-state index contributed by atoms with van der Waals surface area (Å²) in [5.41, 5.74) is 4.25. The Hall–Kier alpha value is -2.80. The molecule has 0 aliphatic carbocycles. The number of rotatable bonds is 4. The molecule has 2 aromatic heterocycles. The van der Waals surface area contributed by atoms with E-state index in [-0.39, 0.29) is 0 Å². The molecule has 0 spiro atoms. The van der Waals surface area contributed by atoms with Gasteiger partial charge in [0, 0.05) is 30.6 Å². The minimum atomic E-state index is 0.594. The van der Waals surface area contributed by atoms with Gasteiger partial charge < -0.3 is 9.26 Å². The molecule has 1 aliphatic rings. The van der Waals surface area contributed by atoms with E-state index in [1.165, 1.54) is 5.56 Å². The van der Waals surface area contributed by atoms with Crippen molar-refractivity contribution in [3.8, 4) is 17.3 Å². The molecule has 3 heterocycles. The van der Waals surface area contributed by atoms with E-state index >= 15 is 0 Å². The van der Waals surface area contributed by atoms with Crippen molar-refractivity contribution in [2.24, 2.45) is 0 Å². The molecule has 7 heteroatoms. The molecule has 0 saturated carbocycles. The van der Waals surface area contributed by atoms with Crippen LogP contribution in [0.25, 0.3) is 11.4 Å². The molecule has 0 radical (unpaired) electrons. The molecule has 25 heavy (non-hydrogen) atoms. The van der Waals surface area contributed by atoms with Crippen molar-refractivity contribution in [1.29, 1.82) is 0 Å². The predicted octanol–water partition coefficient (Wildman–Crippen LogP) is 2.40. The number of fused-ring (bicyclic) bond motifs is 1. The molecule has 0 N–H and O–H groups in total. The Labute approximate surface area is 145 Å². The van der Waals surface area contributed by atoms with E-state index in [9.17, 15) is 0 Å². The molecule has 0 bridgehead atoms. The first-order valence-corrected chi connectivity index (χ1v) is 8.21. The van der Waals surface area contributed by atoms with Crippen LogP contribution in [0.1, 0.15) is 22.7 Å². The number of nitrogens with zero attached hydrogens (tertiary/aromatic N) is 5. The first-order chi connectivity index (χ1) is 12.2. The van der Waals surface area contributed by atoms with Gasteiger partial charge in [0.1, 0.15) is 6.33 Å². The zero-order valence-electron chi connectivity index (χ0n) is 14.3. The monoisotopic (exact) mass is 337 g/mol. The molecular formula is C18H19N5O2. The quantitative estimate of drug-likeness (QED) is 0.723. The van der Waals surface area contributed by atoms with Crippen LogP contribution in [-0.2, 0) is 19.5 Å². The first-order valence-electron chi connectivity index (χ1n) is 8.21. The molecule has 0 fully saturated rings. The summed E-state index contributed by atoms with van der Waals surface area (Å²) in [7, 11) is 1.63. The van der Waals surface area contributed by atoms with Gasteiger partial charge in [-0.25, -0.2) is 9.97 Å². The molecule has 0 atom stereocenters. The Morgan fingerprint density at radius 1 is 1.20 bits per heavy atom. The fourth-order valence-corrected chi connectivity index (χ4v) is 3.01. The molecule has 128 valence electrons. The summed E-state index contributed by atoms with van der Waals surface area (Å²) in [4.78, 5) is 15.3. The maximum Gasteiger partial charge on any atom is 0.241 e. The fraction of sp³-hybridized carbons (Fsp3) is 0.333. The van der Waals surface area contributed by atoms with Gasteiger partial charge in [-0.1, -0.05) is 35.0 Å². The van der Waals surface area contributed by atoms with E-state index < -0.39 is 0 Å². The van der Waals surface area contributed by atoms with Crippen LogP contribution in [0.15, 0.2) is 35.1 Å². The Bertz CT molecular complexity index is 861. The van der Waals surface area contributed by atoms with Crippen molar-refractivity contribution in [3.63, 3.8) is 0 Å². The third-order valence-electron chi connectivity index (χ3n) is 4.37. The highest BCUT2D eigenvalue weighted by Gasteiger charge is 2.23. The van der Waals surface area contributed by atoms with Crippen LogP contribution in [0.5, 0.6) is 5.88 Å². The average Bonchev–Trinajstić information content (AvgIpc) is 3.10. The van der Waals surface area contributed by atoms with Crippen molar-refractivity contribution >= 4 is 0 Å². The second-order valence-corrected chi connectivity index (χ2v) is 6.15. The number of aryl methyl sites for hydroxylation is 1. The summed E-state index contributed by atoms with van der Waals surface area (Å²) in [5, 5.41) is 4.10. The number of ether oxygens (including phenoxy) is 1. The SMILES string of the molecule is COc1ncnc2c1CN(Cc1nc(-c3ccc(C)cc3)no1)CC2. The van der Waals surface area contributed by atoms with Crippen LogP contribution in [0.4, 0.5) is 0 Å². The van der Waals surface area contributed by atoms with Gasteiger partial charge in [-0.15, -0.1) is 0 Å². The smallest absolute Gasteiger partial charge is 0.241 e. The van der Waals surface area contributed by atoms with Gasteiger partial charge in [0.2, 0.25) is 17.6 Å². The summed E-state index contributed by atoms with van der Waals surface area (Å²) in [5.74, 6) is 1.86. The van der Waals surface area contributed by atoms with Gasteiger partial charge in [0.15, 0.2) is 0 Å². The van der Waals surface area contributed by atoms with Gasteiger partial charge >= 0.3 is 0 Å². The molecule has 7 nitrogen and oxygen atoms in total. The van der Waals surface area contributed by atoms with Crippen LogP contribution in [0, 0.1) is 6.92 Å². The molecule has 0 saturated heterocycles. The summed E-state index contributed by atoms with van der Waals surface area (Å²) in [6.07, 6.45) is 2.41. The number of aromatic nitrogens is 4. The lowest BCUT2D eigenvalue weighted by Gasteiger charge is -2.27. The Morgan fingerprint density at radius 3 is 2.84 bits per heavy atom. The normalized spacial score (nSPS) is 14.3. The largest absolute Gasteiger partial charge is 0.481 e. The topological polar surface area (TPSA) is 77.2 Å². The number of hydrogen-bond acceptors (Lipinski definition) is 7. The second kappa shape index (κ2) is 6.60. The van der Waals surface area contributed by atoms with Gasteiger partial charge in [-0.05, 0) is 6.92 Å². The Kier molecular flexibility index (Phi) is 4.15. The van der Waals surface area contributed by atoms with Gasteiger partial charge in [-0.2, -0.15) is 4.98 Å². The third-order valence-corrected chi connectivity index (χ3v) is 4.37. The van der Waals surface area contributed by atoms with E-state index in [1.54, 1.807) is 13.4 Å². The van der Waals surface area contributed by atoms with Gasteiger partial charge in [0.25, 0.3) is 0 Å². The molecular weight excluding hydrogens is 318 g/mol. The van der Waals surface area contributed by atoms with Crippen molar-refractivity contribution in [2.45, 2.75) is 26.4 Å². The van der Waals surface area contributed by atoms with E-state index in [0.717, 1.165) is 29.8 Å². The summed E-state index contributed by atoms with van der Waals surface area (Å²) in [6, 6.07) is 8.09. The highest BCUT2D eigenvalue weighted by atomic mass is 16.5. The zero-order chi connectivity index (χ0) is 17.2. The van der Waals surface area contributed by atoms with Crippen molar-refractivity contribution < 1.29 is 9.26 Å². The minimum absolute atomic E-state index is 0.594. The molecule has 3 aromatic rings. The fourth-order valence-electron chi connectivity index (χ4n) is 3.01. The maximum atomic E-state index is 5.43. The summed E-state index contributed by atoms with van der Waals surface area (Å²) < 4.78 is 10.8. The van der Waals surface area contributed by atoms with Crippen molar-refractivity contribution in [1.82, 2.24) is 25.0 Å². The van der Waals surface area contributed by atoms with Crippen molar-refractivity contribution in [3.05, 3.63) is 53.3 Å². The molecule has 1 aromatic carbocycles. The number of hydrogen-bond donors (Lipinski definition) is 0. The van der Waals surface area contributed by atoms with E-state index in [1.807, 2.05) is 24.3 Å². The molecule has 4 rings (SSSR count). The van der Waals surface area contributed by atoms with Crippen molar-refractivity contribution in [2.75, 3.05) is 13.7 Å². The van der Waals surface area contributed by atoms with E-state index in [0.29, 0.717) is 30.7 Å². The lowest BCUT2D eigenvalue weighted by Crippen LogP contribution is -2.31. The minimum Gasteiger partial charge on any atom is -0.481 e. The first kappa shape index (κ1) is 15.7. The lowest BCUT2D eigenvalue weighted by atomic mass is 10.1. The van der Waals surface area contributed by atoms with Gasteiger partial charge in [0.05, 0.1) is 19.3 Å². The highest BCUT2D eigenvalue weighted by molar-refractivity contribution is 5.54. The highest BCUT2D eigenvalue weighted by Crippen LogP contribution is 2.25. The molecule has 0 unspecified atom stereocenters. The molecule has 0 amide bonds. The van der Waals surface area contributed by atoms with Crippen LogP contribution >= 0.6 is 0 Å². The predicted molar refractivity (Wildman–Crippen MR) is 90.9 cm³/mol. The Morgan fingerprint density at radius 2 is 2.04 bits per heavy atom. The van der Waals surface area contributed by atoms with Gasteiger partial charge in [-0.3, -0.25) is 4.90 Å². The lowest BCUT2D eigenvalue weighted by molar-refractivity contribution is 0.204. The summed E-state index contributed by atoms with van der Waals surface area (Å²) >= 11 is 0. The standard InChI is InChI=1S/C18H19N5O2/c1-12-3-5-13(6-4-12)17-21-16(25-22-17)10-23-8-7-15-14(9-23)18(24-2)20-11-19-15/h3-6,11H,7-10H2,1-2H3. The Balaban J connectivity index is 1.49. The summed E-state index contributed by atoms with van der Waals surface area (Å²) in [6.45, 7) is 4.24. The molecule has 1 aliphatic heterocycles. The number of benzene rings is 1. The van der Waals surface area contributed by atoms with Crippen LogP contribution in [0.2, 0.25) is 0 Å². The number of methoxy groups -OCH3 is 1. The van der Waals surface area contributed by atoms with Crippen LogP contribution in [-0.4, -0.2) is 38.7 Å². The van der Waals surface area contributed by atoms with E-state index in [2.05, 4.69) is 31.9 Å². The third kappa shape index (κ3) is 3.23. The van der Waals surface area contributed by atoms with Crippen LogP contribution < -0.4 is 4.74 Å². The average molecular weight is 337 g/mol. The zero-order valence-corrected chi connectivity index (χ0v) is 14.3. The second-order valence-electron chi connectivity index (χ2n) is 6.15.